The standard InChI is InChI=1S/C20H28N2O4/c1-21(15-7-5-4-6-8-15)20(24)14-11-19(23)22(13-14)17-10-9-16(25-2)12-18(17)26-3/h9-10,12,14-15H,4-8,11,13H2,1-3H3. The molecule has 0 radical (unpaired) electrons. The molecule has 0 bridgehead atoms. The van der Waals surface area contributed by atoms with Gasteiger partial charge in [0.25, 0.3) is 0 Å². The fraction of sp³-hybridized carbons (Fsp3) is 0.600. The van der Waals surface area contributed by atoms with E-state index in [4.69, 9.17) is 9.47 Å². The summed E-state index contributed by atoms with van der Waals surface area (Å²) in [7, 11) is 5.04. The van der Waals surface area contributed by atoms with Crippen molar-refractivity contribution in [3.8, 4) is 11.5 Å². The second kappa shape index (κ2) is 7.98. The van der Waals surface area contributed by atoms with Gasteiger partial charge in [0.15, 0.2) is 0 Å². The van der Waals surface area contributed by atoms with Crippen LogP contribution in [0, 0.1) is 5.92 Å². The van der Waals surface area contributed by atoms with Gasteiger partial charge in [-0.15, -0.1) is 0 Å². The average molecular weight is 360 g/mol. The molecule has 6 nitrogen and oxygen atoms in total. The number of anilines is 1. The summed E-state index contributed by atoms with van der Waals surface area (Å²) in [4.78, 5) is 29.0. The van der Waals surface area contributed by atoms with Gasteiger partial charge in [-0.3, -0.25) is 9.59 Å². The lowest BCUT2D eigenvalue weighted by Gasteiger charge is -2.32. The summed E-state index contributed by atoms with van der Waals surface area (Å²) in [6.07, 6.45) is 6.01. The van der Waals surface area contributed by atoms with Crippen LogP contribution in [-0.4, -0.2) is 50.6 Å². The Morgan fingerprint density at radius 1 is 1.15 bits per heavy atom. The molecule has 1 unspecified atom stereocenters. The number of carbonyl (C=O) groups excluding carboxylic acids is 2. The van der Waals surface area contributed by atoms with Crippen molar-refractivity contribution in [1.29, 1.82) is 0 Å². The summed E-state index contributed by atoms with van der Waals surface area (Å²) in [5, 5.41) is 0. The van der Waals surface area contributed by atoms with Crippen LogP contribution in [0.15, 0.2) is 18.2 Å². The first-order chi connectivity index (χ1) is 12.5. The van der Waals surface area contributed by atoms with Crippen LogP contribution in [0.2, 0.25) is 0 Å². The van der Waals surface area contributed by atoms with Crippen molar-refractivity contribution >= 4 is 17.5 Å². The Hall–Kier alpha value is -2.24. The van der Waals surface area contributed by atoms with E-state index >= 15 is 0 Å². The molecule has 3 rings (SSSR count). The number of nitrogens with zero attached hydrogens (tertiary/aromatic N) is 2. The zero-order valence-electron chi connectivity index (χ0n) is 15.9. The Morgan fingerprint density at radius 2 is 1.88 bits per heavy atom. The maximum absolute atomic E-state index is 12.9. The predicted molar refractivity (Wildman–Crippen MR) is 99.6 cm³/mol. The van der Waals surface area contributed by atoms with Gasteiger partial charge in [-0.25, -0.2) is 0 Å². The van der Waals surface area contributed by atoms with Crippen molar-refractivity contribution in [2.75, 3.05) is 32.7 Å². The first-order valence-corrected chi connectivity index (χ1v) is 9.34. The number of methoxy groups -OCH3 is 2. The van der Waals surface area contributed by atoms with E-state index < -0.39 is 0 Å². The van der Waals surface area contributed by atoms with Gasteiger partial charge in [-0.1, -0.05) is 19.3 Å². The monoisotopic (exact) mass is 360 g/mol. The molecule has 0 spiro atoms. The van der Waals surface area contributed by atoms with Crippen LogP contribution in [-0.2, 0) is 9.59 Å². The SMILES string of the molecule is COc1ccc(N2CC(C(=O)N(C)C3CCCCC3)CC2=O)c(OC)c1. The molecule has 1 heterocycles. The first kappa shape index (κ1) is 18.5. The first-order valence-electron chi connectivity index (χ1n) is 9.34. The third-order valence-corrected chi connectivity index (χ3v) is 5.62. The fourth-order valence-corrected chi connectivity index (χ4v) is 4.05. The number of benzene rings is 1. The molecule has 26 heavy (non-hydrogen) atoms. The number of amides is 2. The molecule has 1 saturated heterocycles. The summed E-state index contributed by atoms with van der Waals surface area (Å²) in [6.45, 7) is 0.400. The molecule has 2 aliphatic rings. The third-order valence-electron chi connectivity index (χ3n) is 5.62. The van der Waals surface area contributed by atoms with Crippen molar-refractivity contribution in [2.24, 2.45) is 5.92 Å². The molecule has 2 fully saturated rings. The van der Waals surface area contributed by atoms with Gasteiger partial charge < -0.3 is 19.3 Å². The molecule has 1 atom stereocenters. The Labute approximate surface area is 155 Å². The van der Waals surface area contributed by atoms with E-state index in [1.807, 2.05) is 18.0 Å². The highest BCUT2D eigenvalue weighted by molar-refractivity contribution is 6.01. The summed E-state index contributed by atoms with van der Waals surface area (Å²) in [5.74, 6) is 0.999. The number of ether oxygens (including phenoxy) is 2. The lowest BCUT2D eigenvalue weighted by atomic mass is 9.93. The Bertz CT molecular complexity index is 670. The molecule has 1 aliphatic carbocycles. The molecular weight excluding hydrogens is 332 g/mol. The third kappa shape index (κ3) is 3.64. The van der Waals surface area contributed by atoms with E-state index in [1.165, 1.54) is 19.3 Å². The highest BCUT2D eigenvalue weighted by Gasteiger charge is 2.38. The maximum Gasteiger partial charge on any atom is 0.228 e. The molecular formula is C20H28N2O4. The molecule has 1 aromatic carbocycles. The minimum absolute atomic E-state index is 0.0381. The van der Waals surface area contributed by atoms with Gasteiger partial charge in [0.05, 0.1) is 25.8 Å². The van der Waals surface area contributed by atoms with E-state index in [9.17, 15) is 9.59 Å². The van der Waals surface area contributed by atoms with Crippen LogP contribution in [0.5, 0.6) is 11.5 Å². The normalized spacial score (nSPS) is 21.0. The van der Waals surface area contributed by atoms with Crippen LogP contribution in [0.25, 0.3) is 0 Å². The lowest BCUT2D eigenvalue weighted by molar-refractivity contribution is -0.137. The summed E-state index contributed by atoms with van der Waals surface area (Å²) in [5.41, 5.74) is 0.689. The van der Waals surface area contributed by atoms with Gasteiger partial charge in [0, 0.05) is 32.1 Å². The lowest BCUT2D eigenvalue weighted by Crippen LogP contribution is -2.42. The number of rotatable bonds is 5. The Kier molecular flexibility index (Phi) is 5.69. The van der Waals surface area contributed by atoms with Crippen molar-refractivity contribution in [1.82, 2.24) is 4.90 Å². The van der Waals surface area contributed by atoms with Gasteiger partial charge >= 0.3 is 0 Å². The summed E-state index contributed by atoms with van der Waals surface area (Å²) >= 11 is 0. The van der Waals surface area contributed by atoms with Crippen molar-refractivity contribution in [3.05, 3.63) is 18.2 Å². The molecule has 2 amide bonds. The van der Waals surface area contributed by atoms with E-state index in [0.717, 1.165) is 12.8 Å². The molecule has 1 aromatic rings. The van der Waals surface area contributed by atoms with Gasteiger partial charge in [-0.2, -0.15) is 0 Å². The van der Waals surface area contributed by atoms with Crippen molar-refractivity contribution in [3.63, 3.8) is 0 Å². The highest BCUT2D eigenvalue weighted by Crippen LogP contribution is 2.36. The van der Waals surface area contributed by atoms with Crippen molar-refractivity contribution < 1.29 is 19.1 Å². The Morgan fingerprint density at radius 3 is 2.54 bits per heavy atom. The molecule has 1 saturated carbocycles. The van der Waals surface area contributed by atoms with E-state index in [1.54, 1.807) is 31.3 Å². The van der Waals surface area contributed by atoms with Crippen LogP contribution < -0.4 is 14.4 Å². The zero-order valence-corrected chi connectivity index (χ0v) is 15.9. The Balaban J connectivity index is 1.73. The van der Waals surface area contributed by atoms with Crippen LogP contribution >= 0.6 is 0 Å². The van der Waals surface area contributed by atoms with Crippen LogP contribution in [0.3, 0.4) is 0 Å². The molecule has 0 aromatic heterocycles. The van der Waals surface area contributed by atoms with Crippen molar-refractivity contribution in [2.45, 2.75) is 44.6 Å². The summed E-state index contributed by atoms with van der Waals surface area (Å²) < 4.78 is 10.6. The van der Waals surface area contributed by atoms with E-state index in [0.29, 0.717) is 29.8 Å². The predicted octanol–water partition coefficient (Wildman–Crippen LogP) is 2.85. The second-order valence-electron chi connectivity index (χ2n) is 7.18. The smallest absolute Gasteiger partial charge is 0.228 e. The summed E-state index contributed by atoms with van der Waals surface area (Å²) in [6, 6.07) is 5.68. The van der Waals surface area contributed by atoms with E-state index in [-0.39, 0.29) is 24.2 Å². The number of hydrogen-bond donors (Lipinski definition) is 0. The zero-order chi connectivity index (χ0) is 18.7. The molecule has 0 N–H and O–H groups in total. The largest absolute Gasteiger partial charge is 0.497 e. The maximum atomic E-state index is 12.9. The number of hydrogen-bond acceptors (Lipinski definition) is 4. The quantitative estimate of drug-likeness (QED) is 0.810. The molecule has 1 aliphatic heterocycles. The van der Waals surface area contributed by atoms with Crippen LogP contribution in [0.1, 0.15) is 38.5 Å². The molecule has 142 valence electrons. The van der Waals surface area contributed by atoms with E-state index in [2.05, 4.69) is 0 Å². The average Bonchev–Trinajstić information content (AvgIpc) is 3.08. The van der Waals surface area contributed by atoms with Gasteiger partial charge in [0.1, 0.15) is 11.5 Å². The van der Waals surface area contributed by atoms with Gasteiger partial charge in [-0.05, 0) is 25.0 Å². The molecule has 6 heteroatoms. The minimum atomic E-state index is -0.291. The van der Waals surface area contributed by atoms with Gasteiger partial charge in [0.2, 0.25) is 11.8 Å². The number of carbonyl (C=O) groups is 2. The minimum Gasteiger partial charge on any atom is -0.497 e. The second-order valence-corrected chi connectivity index (χ2v) is 7.18. The highest BCUT2D eigenvalue weighted by atomic mass is 16.5. The topological polar surface area (TPSA) is 59.1 Å². The van der Waals surface area contributed by atoms with Crippen LogP contribution in [0.4, 0.5) is 5.69 Å². The fourth-order valence-electron chi connectivity index (χ4n) is 4.05.